The number of aromatic hydroxyl groups is 2. The van der Waals surface area contributed by atoms with E-state index >= 15 is 0 Å². The van der Waals surface area contributed by atoms with Crippen LogP contribution in [0.4, 0.5) is 0 Å². The Kier molecular flexibility index (Phi) is 4.76. The summed E-state index contributed by atoms with van der Waals surface area (Å²) in [4.78, 5) is 15.4. The number of thiophene rings is 1. The lowest BCUT2D eigenvalue weighted by Crippen LogP contribution is -2.29. The summed E-state index contributed by atoms with van der Waals surface area (Å²) in [6, 6.07) is 8.20. The van der Waals surface area contributed by atoms with Crippen molar-refractivity contribution in [2.45, 2.75) is 13.5 Å². The average molecular weight is 291 g/mol. The molecule has 1 heterocycles. The van der Waals surface area contributed by atoms with Crippen molar-refractivity contribution in [3.8, 4) is 11.5 Å². The van der Waals surface area contributed by atoms with Crippen LogP contribution in [-0.2, 0) is 6.54 Å². The van der Waals surface area contributed by atoms with Crippen LogP contribution < -0.4 is 0 Å². The maximum absolute atomic E-state index is 12.2. The van der Waals surface area contributed by atoms with Crippen LogP contribution >= 0.6 is 11.3 Å². The summed E-state index contributed by atoms with van der Waals surface area (Å²) >= 11 is 1.67. The second kappa shape index (κ2) is 6.54. The number of benzene rings is 1. The van der Waals surface area contributed by atoms with Gasteiger partial charge in [-0.3, -0.25) is 9.69 Å². The standard InChI is InChI=1S/C15H17NO3S/c1-2-16(9-12-4-3-7-20-12)10-15(19)11-5-6-13(17)14(18)8-11/h3-8,17-18H,2,9-10H2,1H3. The SMILES string of the molecule is CCN(CC(=O)c1ccc(O)c(O)c1)Cc1cccs1. The molecule has 0 unspecified atom stereocenters. The number of carbonyl (C=O) groups excluding carboxylic acids is 1. The zero-order chi connectivity index (χ0) is 14.5. The highest BCUT2D eigenvalue weighted by atomic mass is 32.1. The van der Waals surface area contributed by atoms with Crippen LogP contribution in [0.25, 0.3) is 0 Å². The Bertz CT molecular complexity index is 581. The van der Waals surface area contributed by atoms with Gasteiger partial charge in [0.25, 0.3) is 0 Å². The molecule has 4 nitrogen and oxygen atoms in total. The van der Waals surface area contributed by atoms with E-state index in [1.54, 1.807) is 11.3 Å². The lowest BCUT2D eigenvalue weighted by molar-refractivity contribution is 0.0930. The van der Waals surface area contributed by atoms with Crippen LogP contribution in [0.3, 0.4) is 0 Å². The smallest absolute Gasteiger partial charge is 0.176 e. The van der Waals surface area contributed by atoms with Crippen molar-refractivity contribution in [2.75, 3.05) is 13.1 Å². The van der Waals surface area contributed by atoms with Gasteiger partial charge < -0.3 is 10.2 Å². The molecule has 0 aliphatic carbocycles. The van der Waals surface area contributed by atoms with Gasteiger partial charge in [0.2, 0.25) is 0 Å². The molecule has 0 spiro atoms. The molecule has 0 fully saturated rings. The number of hydrogen-bond donors (Lipinski definition) is 2. The summed E-state index contributed by atoms with van der Waals surface area (Å²) in [5, 5.41) is 20.7. The molecule has 0 amide bonds. The average Bonchev–Trinajstić information content (AvgIpc) is 2.93. The van der Waals surface area contributed by atoms with Crippen molar-refractivity contribution in [3.63, 3.8) is 0 Å². The minimum atomic E-state index is -0.267. The predicted molar refractivity (Wildman–Crippen MR) is 79.4 cm³/mol. The van der Waals surface area contributed by atoms with Gasteiger partial charge in [0, 0.05) is 17.0 Å². The topological polar surface area (TPSA) is 60.8 Å². The number of carbonyl (C=O) groups is 1. The molecule has 0 atom stereocenters. The minimum Gasteiger partial charge on any atom is -0.504 e. The Morgan fingerprint density at radius 2 is 2.05 bits per heavy atom. The van der Waals surface area contributed by atoms with Crippen molar-refractivity contribution in [1.29, 1.82) is 0 Å². The van der Waals surface area contributed by atoms with Gasteiger partial charge in [0.05, 0.1) is 6.54 Å². The summed E-state index contributed by atoms with van der Waals surface area (Å²) < 4.78 is 0. The van der Waals surface area contributed by atoms with Gasteiger partial charge in [-0.25, -0.2) is 0 Å². The van der Waals surface area contributed by atoms with Gasteiger partial charge >= 0.3 is 0 Å². The minimum absolute atomic E-state index is 0.0706. The lowest BCUT2D eigenvalue weighted by Gasteiger charge is -2.18. The van der Waals surface area contributed by atoms with Crippen molar-refractivity contribution >= 4 is 17.1 Å². The molecule has 0 saturated heterocycles. The monoisotopic (exact) mass is 291 g/mol. The third-order valence-electron chi connectivity index (χ3n) is 3.07. The van der Waals surface area contributed by atoms with Crippen LogP contribution in [0.1, 0.15) is 22.2 Å². The lowest BCUT2D eigenvalue weighted by atomic mass is 10.1. The first-order valence-electron chi connectivity index (χ1n) is 6.40. The highest BCUT2D eigenvalue weighted by molar-refractivity contribution is 7.09. The molecule has 0 radical (unpaired) electrons. The van der Waals surface area contributed by atoms with Gasteiger partial charge in [-0.15, -0.1) is 11.3 Å². The largest absolute Gasteiger partial charge is 0.504 e. The number of nitrogens with zero attached hydrogens (tertiary/aromatic N) is 1. The van der Waals surface area contributed by atoms with Gasteiger partial charge in [0.1, 0.15) is 0 Å². The van der Waals surface area contributed by atoms with E-state index < -0.39 is 0 Å². The number of ketones is 1. The van der Waals surface area contributed by atoms with E-state index in [1.165, 1.54) is 23.1 Å². The summed E-state index contributed by atoms with van der Waals surface area (Å²) in [6.07, 6.45) is 0. The van der Waals surface area contributed by atoms with Crippen molar-refractivity contribution in [2.24, 2.45) is 0 Å². The second-order valence-corrected chi connectivity index (χ2v) is 5.54. The first-order valence-corrected chi connectivity index (χ1v) is 7.28. The predicted octanol–water partition coefficient (Wildman–Crippen LogP) is 2.86. The molecular weight excluding hydrogens is 274 g/mol. The number of Topliss-reactive ketones (excluding diaryl/α,β-unsaturated/α-hetero) is 1. The van der Waals surface area contributed by atoms with Crippen LogP contribution in [0.5, 0.6) is 11.5 Å². The zero-order valence-corrected chi connectivity index (χ0v) is 12.1. The van der Waals surface area contributed by atoms with E-state index in [0.717, 1.165) is 13.1 Å². The molecule has 106 valence electrons. The fourth-order valence-electron chi connectivity index (χ4n) is 1.89. The molecule has 0 aliphatic heterocycles. The first-order chi connectivity index (χ1) is 9.60. The molecule has 2 N–H and O–H groups in total. The highest BCUT2D eigenvalue weighted by Gasteiger charge is 2.13. The van der Waals surface area contributed by atoms with Crippen LogP contribution in [0.15, 0.2) is 35.7 Å². The third kappa shape index (κ3) is 3.59. The Morgan fingerprint density at radius 1 is 1.25 bits per heavy atom. The normalized spacial score (nSPS) is 10.9. The maximum atomic E-state index is 12.2. The Hall–Kier alpha value is -1.85. The molecule has 0 saturated carbocycles. The first kappa shape index (κ1) is 14.6. The van der Waals surface area contributed by atoms with Gasteiger partial charge in [0.15, 0.2) is 17.3 Å². The molecular formula is C15H17NO3S. The number of likely N-dealkylation sites (N-methyl/N-ethyl adjacent to an activating group) is 1. The molecule has 0 bridgehead atoms. The van der Waals surface area contributed by atoms with E-state index in [-0.39, 0.29) is 17.3 Å². The fourth-order valence-corrected chi connectivity index (χ4v) is 2.64. The summed E-state index contributed by atoms with van der Waals surface area (Å²) in [5.74, 6) is -0.552. The Morgan fingerprint density at radius 3 is 2.65 bits per heavy atom. The Labute approximate surface area is 121 Å². The number of phenols is 2. The second-order valence-electron chi connectivity index (χ2n) is 4.51. The quantitative estimate of drug-likeness (QED) is 0.634. The summed E-state index contributed by atoms with van der Waals surface area (Å²) in [6.45, 7) is 3.81. The summed E-state index contributed by atoms with van der Waals surface area (Å²) in [7, 11) is 0. The summed E-state index contributed by atoms with van der Waals surface area (Å²) in [5.41, 5.74) is 0.407. The molecule has 1 aromatic heterocycles. The van der Waals surface area contributed by atoms with Gasteiger partial charge in [-0.1, -0.05) is 13.0 Å². The van der Waals surface area contributed by atoms with E-state index in [4.69, 9.17) is 0 Å². The van der Waals surface area contributed by atoms with Crippen molar-refractivity contribution in [1.82, 2.24) is 4.90 Å². The molecule has 20 heavy (non-hydrogen) atoms. The van der Waals surface area contributed by atoms with E-state index in [9.17, 15) is 15.0 Å². The van der Waals surface area contributed by atoms with E-state index in [1.807, 2.05) is 29.3 Å². The van der Waals surface area contributed by atoms with E-state index in [0.29, 0.717) is 12.1 Å². The van der Waals surface area contributed by atoms with Crippen LogP contribution in [0, 0.1) is 0 Å². The molecule has 5 heteroatoms. The number of rotatable bonds is 6. The number of phenolic OH excluding ortho intramolecular Hbond substituents is 2. The van der Waals surface area contributed by atoms with E-state index in [2.05, 4.69) is 0 Å². The van der Waals surface area contributed by atoms with Crippen molar-refractivity contribution < 1.29 is 15.0 Å². The van der Waals surface area contributed by atoms with Crippen LogP contribution in [0.2, 0.25) is 0 Å². The van der Waals surface area contributed by atoms with Gasteiger partial charge in [-0.2, -0.15) is 0 Å². The molecule has 0 aliphatic rings. The third-order valence-corrected chi connectivity index (χ3v) is 3.93. The highest BCUT2D eigenvalue weighted by Crippen LogP contribution is 2.25. The van der Waals surface area contributed by atoms with Gasteiger partial charge in [-0.05, 0) is 36.2 Å². The molecule has 2 aromatic rings. The fraction of sp³-hybridized carbons (Fsp3) is 0.267. The Balaban J connectivity index is 2.03. The maximum Gasteiger partial charge on any atom is 0.176 e. The van der Waals surface area contributed by atoms with Crippen molar-refractivity contribution in [3.05, 3.63) is 46.2 Å². The molecule has 2 rings (SSSR count). The zero-order valence-electron chi connectivity index (χ0n) is 11.2. The van der Waals surface area contributed by atoms with Crippen LogP contribution in [-0.4, -0.2) is 34.0 Å². The molecule has 1 aromatic carbocycles. The number of hydrogen-bond acceptors (Lipinski definition) is 5.